The predicted molar refractivity (Wildman–Crippen MR) is 43.8 cm³/mol. The normalized spacial score (nSPS) is 28.6. The second-order valence-corrected chi connectivity index (χ2v) is 5.42. The smallest absolute Gasteiger partial charge is 0.164 e. The van der Waals surface area contributed by atoms with E-state index in [2.05, 4.69) is 12.6 Å². The van der Waals surface area contributed by atoms with Gasteiger partial charge in [-0.15, -0.1) is 0 Å². The molecule has 3 nitrogen and oxygen atoms in total. The lowest BCUT2D eigenvalue weighted by atomic mass is 10.6. The van der Waals surface area contributed by atoms with Gasteiger partial charge in [0.1, 0.15) is 5.88 Å². The highest BCUT2D eigenvalue weighted by atomic mass is 32.2. The molecule has 1 atom stereocenters. The predicted octanol–water partition coefficient (Wildman–Crippen LogP) is -0.0499. The lowest BCUT2D eigenvalue weighted by Gasteiger charge is -2.15. The Labute approximate surface area is 66.7 Å². The van der Waals surface area contributed by atoms with Crippen molar-refractivity contribution in [3.63, 3.8) is 0 Å². The van der Waals surface area contributed by atoms with Crippen LogP contribution in [0.1, 0.15) is 6.92 Å². The summed E-state index contributed by atoms with van der Waals surface area (Å²) in [6.45, 7) is 2.51. The molecule has 0 aliphatic carbocycles. The van der Waals surface area contributed by atoms with Gasteiger partial charge in [0.2, 0.25) is 0 Å². The Morgan fingerprint density at radius 2 is 2.20 bits per heavy atom. The monoisotopic (exact) mass is 181 g/mol. The molecule has 0 spiro atoms. The molecular formula is C5H11NO2S2. The minimum atomic E-state index is -2.76. The lowest BCUT2D eigenvalue weighted by molar-refractivity contribution is 0.349. The van der Waals surface area contributed by atoms with Crippen LogP contribution in [-0.2, 0) is 9.84 Å². The average molecular weight is 181 g/mol. The highest BCUT2D eigenvalue weighted by Crippen LogP contribution is 2.12. The fourth-order valence-electron chi connectivity index (χ4n) is 0.933. The van der Waals surface area contributed by atoms with Crippen LogP contribution in [0, 0.1) is 0 Å². The molecule has 0 saturated carbocycles. The molecule has 0 aromatic heterocycles. The molecule has 1 saturated heterocycles. The van der Waals surface area contributed by atoms with Gasteiger partial charge in [-0.2, -0.15) is 12.6 Å². The first-order valence-electron chi connectivity index (χ1n) is 3.14. The molecule has 1 heterocycles. The Bertz CT molecular complexity index is 210. The summed E-state index contributed by atoms with van der Waals surface area (Å²) in [6, 6.07) is 0. The van der Waals surface area contributed by atoms with Crippen molar-refractivity contribution in [2.24, 2.45) is 0 Å². The van der Waals surface area contributed by atoms with Gasteiger partial charge in [-0.1, -0.05) is 0 Å². The van der Waals surface area contributed by atoms with E-state index in [1.54, 1.807) is 0 Å². The van der Waals surface area contributed by atoms with E-state index in [1.165, 1.54) is 0 Å². The van der Waals surface area contributed by atoms with E-state index in [4.69, 9.17) is 0 Å². The number of nitrogens with zero attached hydrogens (tertiary/aromatic N) is 1. The minimum absolute atomic E-state index is 0.0530. The maximum Gasteiger partial charge on any atom is 0.164 e. The summed E-state index contributed by atoms with van der Waals surface area (Å²) in [4.78, 5) is 1.83. The van der Waals surface area contributed by atoms with E-state index in [-0.39, 0.29) is 17.0 Å². The van der Waals surface area contributed by atoms with Crippen LogP contribution in [0.2, 0.25) is 0 Å². The zero-order chi connectivity index (χ0) is 7.78. The third-order valence-electron chi connectivity index (χ3n) is 1.58. The standard InChI is InChI=1S/C5H11NO2S2/c1-5(9)6-2-3-10(7,8)4-6/h5,9H,2-4H2,1H3. The zero-order valence-corrected chi connectivity index (χ0v) is 7.53. The van der Waals surface area contributed by atoms with Gasteiger partial charge < -0.3 is 0 Å². The van der Waals surface area contributed by atoms with E-state index in [1.807, 2.05) is 11.8 Å². The van der Waals surface area contributed by atoms with Crippen molar-refractivity contribution in [1.82, 2.24) is 4.90 Å². The number of hydrogen-bond acceptors (Lipinski definition) is 4. The van der Waals surface area contributed by atoms with E-state index in [0.717, 1.165) is 0 Å². The van der Waals surface area contributed by atoms with Gasteiger partial charge in [-0.25, -0.2) is 8.42 Å². The third kappa shape index (κ3) is 1.87. The van der Waals surface area contributed by atoms with Gasteiger partial charge in [0.15, 0.2) is 9.84 Å². The van der Waals surface area contributed by atoms with Crippen molar-refractivity contribution in [3.05, 3.63) is 0 Å². The van der Waals surface area contributed by atoms with Crippen LogP contribution in [0.5, 0.6) is 0 Å². The Morgan fingerprint density at radius 3 is 2.40 bits per heavy atom. The van der Waals surface area contributed by atoms with Gasteiger partial charge in [0.05, 0.1) is 11.1 Å². The SMILES string of the molecule is CC(S)N1CCS(=O)(=O)C1. The van der Waals surface area contributed by atoms with E-state index < -0.39 is 9.84 Å². The Morgan fingerprint density at radius 1 is 1.60 bits per heavy atom. The summed E-state index contributed by atoms with van der Waals surface area (Å²) in [6.07, 6.45) is 0. The van der Waals surface area contributed by atoms with Crippen molar-refractivity contribution >= 4 is 22.5 Å². The third-order valence-corrected chi connectivity index (χ3v) is 3.44. The number of thiol groups is 1. The van der Waals surface area contributed by atoms with Crippen LogP contribution in [0.3, 0.4) is 0 Å². The van der Waals surface area contributed by atoms with Crippen LogP contribution in [0.15, 0.2) is 0 Å². The van der Waals surface area contributed by atoms with Gasteiger partial charge in [0, 0.05) is 6.54 Å². The molecule has 0 N–H and O–H groups in total. The van der Waals surface area contributed by atoms with Gasteiger partial charge in [0.25, 0.3) is 0 Å². The Hall–Kier alpha value is 0.260. The summed E-state index contributed by atoms with van der Waals surface area (Å²) < 4.78 is 21.7. The highest BCUT2D eigenvalue weighted by Gasteiger charge is 2.27. The molecule has 0 aromatic rings. The maximum absolute atomic E-state index is 10.9. The first-order chi connectivity index (χ1) is 4.51. The molecule has 1 rings (SSSR count). The molecule has 0 aromatic carbocycles. The van der Waals surface area contributed by atoms with Gasteiger partial charge in [-0.3, -0.25) is 4.90 Å². The summed E-state index contributed by atoms with van der Waals surface area (Å²) in [7, 11) is -2.76. The molecule has 1 fully saturated rings. The first kappa shape index (κ1) is 8.36. The summed E-state index contributed by atoms with van der Waals surface area (Å²) >= 11 is 4.13. The van der Waals surface area contributed by atoms with Crippen molar-refractivity contribution in [2.75, 3.05) is 18.2 Å². The molecule has 10 heavy (non-hydrogen) atoms. The van der Waals surface area contributed by atoms with Crippen LogP contribution in [0.25, 0.3) is 0 Å². The van der Waals surface area contributed by atoms with Crippen LogP contribution in [0.4, 0.5) is 0 Å². The zero-order valence-electron chi connectivity index (χ0n) is 5.82. The number of rotatable bonds is 1. The summed E-state index contributed by atoms with van der Waals surface area (Å²) in [5.41, 5.74) is 0. The molecule has 1 aliphatic heterocycles. The Balaban J connectivity index is 2.60. The van der Waals surface area contributed by atoms with Crippen LogP contribution < -0.4 is 0 Å². The first-order valence-corrected chi connectivity index (χ1v) is 5.47. The van der Waals surface area contributed by atoms with Crippen molar-refractivity contribution in [2.45, 2.75) is 12.3 Å². The van der Waals surface area contributed by atoms with Gasteiger partial charge in [-0.05, 0) is 6.92 Å². The average Bonchev–Trinajstić information content (AvgIpc) is 2.10. The highest BCUT2D eigenvalue weighted by molar-refractivity contribution is 7.91. The van der Waals surface area contributed by atoms with Crippen LogP contribution >= 0.6 is 12.6 Å². The van der Waals surface area contributed by atoms with E-state index in [9.17, 15) is 8.42 Å². The molecule has 60 valence electrons. The van der Waals surface area contributed by atoms with E-state index in [0.29, 0.717) is 6.54 Å². The molecule has 0 bridgehead atoms. The number of sulfone groups is 1. The van der Waals surface area contributed by atoms with Crippen molar-refractivity contribution < 1.29 is 8.42 Å². The molecular weight excluding hydrogens is 170 g/mol. The second-order valence-electron chi connectivity index (χ2n) is 2.52. The molecule has 0 amide bonds. The van der Waals surface area contributed by atoms with Gasteiger partial charge >= 0.3 is 0 Å². The molecule has 0 radical (unpaired) electrons. The minimum Gasteiger partial charge on any atom is -0.277 e. The molecule has 1 aliphatic rings. The number of hydrogen-bond donors (Lipinski definition) is 1. The van der Waals surface area contributed by atoms with Crippen LogP contribution in [-0.4, -0.2) is 36.9 Å². The second kappa shape index (κ2) is 2.71. The van der Waals surface area contributed by atoms with Crippen molar-refractivity contribution in [1.29, 1.82) is 0 Å². The maximum atomic E-state index is 10.9. The summed E-state index contributed by atoms with van der Waals surface area (Å²) in [5.74, 6) is 0.468. The molecule has 1 unspecified atom stereocenters. The topological polar surface area (TPSA) is 37.4 Å². The fourth-order valence-corrected chi connectivity index (χ4v) is 2.74. The van der Waals surface area contributed by atoms with E-state index >= 15 is 0 Å². The Kier molecular flexibility index (Phi) is 2.27. The summed E-state index contributed by atoms with van der Waals surface area (Å²) in [5, 5.41) is 0.0530. The molecule has 5 heteroatoms. The van der Waals surface area contributed by atoms with Crippen molar-refractivity contribution in [3.8, 4) is 0 Å². The largest absolute Gasteiger partial charge is 0.277 e. The quantitative estimate of drug-likeness (QED) is 0.576. The lowest BCUT2D eigenvalue weighted by Crippen LogP contribution is -2.26. The fraction of sp³-hybridized carbons (Fsp3) is 1.00.